The first-order chi connectivity index (χ1) is 13.1. The minimum absolute atomic E-state index is 0.0193. The maximum Gasteiger partial charge on any atom is 0.409 e. The molecular formula is C16H19ClN6O3S. The molecular weight excluding hydrogens is 392 g/mol. The zero-order chi connectivity index (χ0) is 19.2. The van der Waals surface area contributed by atoms with Crippen LogP contribution in [0.2, 0.25) is 5.02 Å². The van der Waals surface area contributed by atoms with E-state index in [1.807, 2.05) is 0 Å². The van der Waals surface area contributed by atoms with E-state index in [-0.39, 0.29) is 17.8 Å². The number of thioether (sulfide) groups is 1. The summed E-state index contributed by atoms with van der Waals surface area (Å²) in [6.07, 6.45) is -0.332. The van der Waals surface area contributed by atoms with Crippen molar-refractivity contribution in [3.05, 3.63) is 29.3 Å². The Bertz CT molecular complexity index is 792. The van der Waals surface area contributed by atoms with Crippen LogP contribution in [0, 0.1) is 0 Å². The number of rotatable bonds is 5. The average Bonchev–Trinajstić information content (AvgIpc) is 3.15. The van der Waals surface area contributed by atoms with Crippen LogP contribution < -0.4 is 0 Å². The summed E-state index contributed by atoms with van der Waals surface area (Å²) in [6, 6.07) is 7.11. The van der Waals surface area contributed by atoms with E-state index in [1.54, 1.807) is 45.7 Å². The molecule has 1 saturated heterocycles. The van der Waals surface area contributed by atoms with Gasteiger partial charge in [-0.2, -0.15) is 4.68 Å². The molecule has 0 aliphatic carbocycles. The van der Waals surface area contributed by atoms with Gasteiger partial charge in [-0.3, -0.25) is 4.79 Å². The van der Waals surface area contributed by atoms with Crippen LogP contribution >= 0.6 is 23.4 Å². The van der Waals surface area contributed by atoms with Gasteiger partial charge < -0.3 is 14.5 Å². The number of halogens is 1. The lowest BCUT2D eigenvalue weighted by atomic mass is 10.3. The second-order valence-corrected chi connectivity index (χ2v) is 7.08. The molecule has 2 heterocycles. The van der Waals surface area contributed by atoms with Crippen LogP contribution in [-0.2, 0) is 9.53 Å². The van der Waals surface area contributed by atoms with E-state index in [9.17, 15) is 9.59 Å². The van der Waals surface area contributed by atoms with E-state index in [0.717, 1.165) is 5.69 Å². The second-order valence-electron chi connectivity index (χ2n) is 5.71. The number of nitrogens with zero attached hydrogens (tertiary/aromatic N) is 6. The molecule has 2 aromatic rings. The van der Waals surface area contributed by atoms with E-state index < -0.39 is 0 Å². The number of ether oxygens (including phenoxy) is 1. The molecule has 144 valence electrons. The molecule has 1 aliphatic rings. The normalized spacial score (nSPS) is 14.3. The molecule has 3 rings (SSSR count). The van der Waals surface area contributed by atoms with Crippen molar-refractivity contribution in [2.24, 2.45) is 0 Å². The molecule has 0 spiro atoms. The van der Waals surface area contributed by atoms with E-state index >= 15 is 0 Å². The summed E-state index contributed by atoms with van der Waals surface area (Å²) in [4.78, 5) is 27.5. The standard InChI is InChI=1S/C16H19ClN6O3S/c1-2-26-16(25)22-9-7-21(8-10-22)14(24)11-27-15-18-19-20-23(15)13-5-3-12(17)4-6-13/h3-6H,2,7-11H2,1H3. The molecule has 1 aliphatic heterocycles. The summed E-state index contributed by atoms with van der Waals surface area (Å²) in [5, 5.41) is 12.8. The van der Waals surface area contributed by atoms with E-state index in [2.05, 4.69) is 15.5 Å². The fourth-order valence-electron chi connectivity index (χ4n) is 2.58. The monoisotopic (exact) mass is 410 g/mol. The Kier molecular flexibility index (Phi) is 6.51. The van der Waals surface area contributed by atoms with Crippen LogP contribution in [0.5, 0.6) is 0 Å². The first-order valence-electron chi connectivity index (χ1n) is 8.45. The predicted octanol–water partition coefficient (Wildman–Crippen LogP) is 1.71. The van der Waals surface area contributed by atoms with Gasteiger partial charge in [0.1, 0.15) is 0 Å². The highest BCUT2D eigenvalue weighted by Crippen LogP contribution is 2.20. The van der Waals surface area contributed by atoms with Crippen LogP contribution in [0.15, 0.2) is 29.4 Å². The van der Waals surface area contributed by atoms with Gasteiger partial charge in [-0.15, -0.1) is 5.10 Å². The highest BCUT2D eigenvalue weighted by molar-refractivity contribution is 7.99. The Morgan fingerprint density at radius 3 is 2.48 bits per heavy atom. The van der Waals surface area contributed by atoms with E-state index in [1.165, 1.54) is 11.8 Å². The molecule has 11 heteroatoms. The molecule has 9 nitrogen and oxygen atoms in total. The number of benzene rings is 1. The van der Waals surface area contributed by atoms with Crippen molar-refractivity contribution in [2.75, 3.05) is 38.5 Å². The Morgan fingerprint density at radius 1 is 1.15 bits per heavy atom. The largest absolute Gasteiger partial charge is 0.450 e. The third-order valence-electron chi connectivity index (χ3n) is 4.00. The molecule has 0 bridgehead atoms. The van der Waals surface area contributed by atoms with Gasteiger partial charge in [-0.1, -0.05) is 23.4 Å². The van der Waals surface area contributed by atoms with Crippen molar-refractivity contribution in [1.29, 1.82) is 0 Å². The van der Waals surface area contributed by atoms with Crippen molar-refractivity contribution in [1.82, 2.24) is 30.0 Å². The number of carbonyl (C=O) groups is 2. The lowest BCUT2D eigenvalue weighted by molar-refractivity contribution is -0.129. The van der Waals surface area contributed by atoms with Gasteiger partial charge in [0, 0.05) is 31.2 Å². The zero-order valence-corrected chi connectivity index (χ0v) is 16.3. The molecule has 0 N–H and O–H groups in total. The summed E-state index contributed by atoms with van der Waals surface area (Å²) < 4.78 is 6.54. The zero-order valence-electron chi connectivity index (χ0n) is 14.7. The van der Waals surface area contributed by atoms with Gasteiger partial charge in [-0.05, 0) is 41.6 Å². The quantitative estimate of drug-likeness (QED) is 0.692. The first kappa shape index (κ1) is 19.4. The molecule has 2 amide bonds. The van der Waals surface area contributed by atoms with E-state index in [0.29, 0.717) is 43.0 Å². The van der Waals surface area contributed by atoms with Crippen molar-refractivity contribution in [3.8, 4) is 5.69 Å². The first-order valence-corrected chi connectivity index (χ1v) is 9.81. The van der Waals surface area contributed by atoms with Gasteiger partial charge in [0.25, 0.3) is 0 Å². The Labute approximate surface area is 165 Å². The smallest absolute Gasteiger partial charge is 0.409 e. The van der Waals surface area contributed by atoms with Crippen molar-refractivity contribution < 1.29 is 14.3 Å². The van der Waals surface area contributed by atoms with Gasteiger partial charge in [-0.25, -0.2) is 4.79 Å². The van der Waals surface area contributed by atoms with Crippen molar-refractivity contribution in [3.63, 3.8) is 0 Å². The van der Waals surface area contributed by atoms with Gasteiger partial charge in [0.05, 0.1) is 18.0 Å². The number of hydrogen-bond donors (Lipinski definition) is 0. The minimum Gasteiger partial charge on any atom is -0.450 e. The van der Waals surface area contributed by atoms with Gasteiger partial charge >= 0.3 is 6.09 Å². The van der Waals surface area contributed by atoms with E-state index in [4.69, 9.17) is 16.3 Å². The minimum atomic E-state index is -0.332. The van der Waals surface area contributed by atoms with Crippen LogP contribution in [0.25, 0.3) is 5.69 Å². The molecule has 0 radical (unpaired) electrons. The molecule has 0 unspecified atom stereocenters. The Hall–Kier alpha value is -2.33. The molecule has 1 fully saturated rings. The van der Waals surface area contributed by atoms with Crippen LogP contribution in [-0.4, -0.2) is 80.5 Å². The third-order valence-corrected chi connectivity index (χ3v) is 5.15. The average molecular weight is 411 g/mol. The topological polar surface area (TPSA) is 93.4 Å². The fraction of sp³-hybridized carbons (Fsp3) is 0.438. The Balaban J connectivity index is 1.53. The SMILES string of the molecule is CCOC(=O)N1CCN(C(=O)CSc2nnnn2-c2ccc(Cl)cc2)CC1. The second kappa shape index (κ2) is 9.05. The molecule has 27 heavy (non-hydrogen) atoms. The highest BCUT2D eigenvalue weighted by Gasteiger charge is 2.25. The maximum atomic E-state index is 12.5. The number of carbonyl (C=O) groups excluding carboxylic acids is 2. The predicted molar refractivity (Wildman–Crippen MR) is 100 cm³/mol. The summed E-state index contributed by atoms with van der Waals surface area (Å²) in [7, 11) is 0. The summed E-state index contributed by atoms with van der Waals surface area (Å²) in [5.41, 5.74) is 0.766. The molecule has 0 atom stereocenters. The highest BCUT2D eigenvalue weighted by atomic mass is 35.5. The number of amides is 2. The number of aromatic nitrogens is 4. The molecule has 1 aromatic heterocycles. The number of hydrogen-bond acceptors (Lipinski definition) is 7. The molecule has 0 saturated carbocycles. The van der Waals surface area contributed by atoms with Crippen LogP contribution in [0.1, 0.15) is 6.92 Å². The van der Waals surface area contributed by atoms with Crippen molar-refractivity contribution in [2.45, 2.75) is 12.1 Å². The van der Waals surface area contributed by atoms with Gasteiger partial charge in [0.2, 0.25) is 11.1 Å². The van der Waals surface area contributed by atoms with Crippen LogP contribution in [0.4, 0.5) is 4.79 Å². The maximum absolute atomic E-state index is 12.5. The van der Waals surface area contributed by atoms with Crippen LogP contribution in [0.3, 0.4) is 0 Å². The van der Waals surface area contributed by atoms with Gasteiger partial charge in [0.15, 0.2) is 0 Å². The number of tetrazole rings is 1. The molecule has 1 aromatic carbocycles. The third kappa shape index (κ3) is 4.89. The summed E-state index contributed by atoms with van der Waals surface area (Å²) in [5.74, 6) is 0.196. The van der Waals surface area contributed by atoms with Crippen molar-refractivity contribution >= 4 is 35.4 Å². The lowest BCUT2D eigenvalue weighted by Crippen LogP contribution is -2.51. The summed E-state index contributed by atoms with van der Waals surface area (Å²) in [6.45, 7) is 4.03. The number of piperazine rings is 1. The summed E-state index contributed by atoms with van der Waals surface area (Å²) >= 11 is 7.17. The fourth-order valence-corrected chi connectivity index (χ4v) is 3.50. The lowest BCUT2D eigenvalue weighted by Gasteiger charge is -2.33. The Morgan fingerprint density at radius 2 is 1.81 bits per heavy atom.